The molecule has 0 aliphatic carbocycles. The number of carbonyl (C=O) groups excluding carboxylic acids is 2. The highest BCUT2D eigenvalue weighted by molar-refractivity contribution is 6.05. The summed E-state index contributed by atoms with van der Waals surface area (Å²) in [6.45, 7) is 3.61. The van der Waals surface area contributed by atoms with E-state index in [0.717, 1.165) is 11.3 Å². The van der Waals surface area contributed by atoms with Gasteiger partial charge >= 0.3 is 0 Å². The molecule has 27 heavy (non-hydrogen) atoms. The van der Waals surface area contributed by atoms with Crippen molar-refractivity contribution in [3.05, 3.63) is 82.9 Å². The minimum absolute atomic E-state index is 0.151. The van der Waals surface area contributed by atoms with Crippen LogP contribution in [0.1, 0.15) is 27.3 Å². The van der Waals surface area contributed by atoms with Gasteiger partial charge in [0.1, 0.15) is 5.82 Å². The van der Waals surface area contributed by atoms with Crippen LogP contribution in [0.15, 0.2) is 54.6 Å². The van der Waals surface area contributed by atoms with Crippen LogP contribution < -0.4 is 11.1 Å². The highest BCUT2D eigenvalue weighted by Crippen LogP contribution is 2.23. The van der Waals surface area contributed by atoms with E-state index in [1.165, 1.54) is 6.07 Å². The van der Waals surface area contributed by atoms with Gasteiger partial charge in [-0.25, -0.2) is 4.39 Å². The number of halogens is 1. The Morgan fingerprint density at radius 3 is 2.37 bits per heavy atom. The van der Waals surface area contributed by atoms with Gasteiger partial charge < -0.3 is 15.6 Å². The van der Waals surface area contributed by atoms with Gasteiger partial charge in [0, 0.05) is 17.1 Å². The van der Waals surface area contributed by atoms with Crippen molar-refractivity contribution in [2.24, 2.45) is 5.73 Å². The Bertz CT molecular complexity index is 1010. The van der Waals surface area contributed by atoms with Crippen molar-refractivity contribution in [3.8, 4) is 5.69 Å². The number of amides is 2. The number of anilines is 1. The predicted octanol–water partition coefficient (Wildman–Crippen LogP) is 3.51. The van der Waals surface area contributed by atoms with Crippen LogP contribution in [-0.4, -0.2) is 16.4 Å². The molecular formula is C21H20FN3O2. The van der Waals surface area contributed by atoms with Crippen LogP contribution in [-0.2, 0) is 11.2 Å². The lowest BCUT2D eigenvalue weighted by Crippen LogP contribution is -2.14. The normalized spacial score (nSPS) is 10.6. The van der Waals surface area contributed by atoms with Crippen molar-refractivity contribution >= 4 is 17.5 Å². The van der Waals surface area contributed by atoms with Crippen molar-refractivity contribution in [1.82, 2.24) is 4.57 Å². The van der Waals surface area contributed by atoms with Gasteiger partial charge in [0.2, 0.25) is 5.91 Å². The molecule has 0 fully saturated rings. The van der Waals surface area contributed by atoms with Crippen LogP contribution in [0, 0.1) is 19.7 Å². The number of aryl methyl sites for hydroxylation is 1. The summed E-state index contributed by atoms with van der Waals surface area (Å²) in [6.07, 6.45) is 0.151. The Labute approximate surface area is 156 Å². The van der Waals surface area contributed by atoms with Gasteiger partial charge in [0.05, 0.1) is 17.7 Å². The molecule has 3 rings (SSSR count). The standard InChI is InChI=1S/C21H20FN3O2/c1-13-11-17(14(2)25(13)19-6-4-3-5-18(19)22)21(27)24-16-9-7-15(8-10-16)12-20(23)26/h3-11H,12H2,1-2H3,(H2,23,26)(H,24,27). The largest absolute Gasteiger partial charge is 0.369 e. The van der Waals surface area contributed by atoms with Crippen LogP contribution in [0.25, 0.3) is 5.69 Å². The molecule has 0 atom stereocenters. The summed E-state index contributed by atoms with van der Waals surface area (Å²) in [7, 11) is 0. The van der Waals surface area contributed by atoms with E-state index in [1.807, 2.05) is 6.92 Å². The molecule has 5 nitrogen and oxygen atoms in total. The number of nitrogens with two attached hydrogens (primary N) is 1. The second-order valence-corrected chi connectivity index (χ2v) is 6.37. The predicted molar refractivity (Wildman–Crippen MR) is 102 cm³/mol. The second-order valence-electron chi connectivity index (χ2n) is 6.37. The van der Waals surface area contributed by atoms with Gasteiger partial charge in [-0.15, -0.1) is 0 Å². The smallest absolute Gasteiger partial charge is 0.257 e. The average molecular weight is 365 g/mol. The average Bonchev–Trinajstić information content (AvgIpc) is 2.91. The molecule has 2 aromatic carbocycles. The lowest BCUT2D eigenvalue weighted by Gasteiger charge is -2.11. The van der Waals surface area contributed by atoms with E-state index in [4.69, 9.17) is 5.73 Å². The monoisotopic (exact) mass is 365 g/mol. The van der Waals surface area contributed by atoms with Crippen LogP contribution in [0.2, 0.25) is 0 Å². The Morgan fingerprint density at radius 1 is 1.07 bits per heavy atom. The third kappa shape index (κ3) is 3.89. The Balaban J connectivity index is 1.85. The summed E-state index contributed by atoms with van der Waals surface area (Å²) in [5.74, 6) is -1.04. The van der Waals surface area contributed by atoms with Crippen molar-refractivity contribution < 1.29 is 14.0 Å². The molecule has 138 valence electrons. The van der Waals surface area contributed by atoms with E-state index in [9.17, 15) is 14.0 Å². The summed E-state index contributed by atoms with van der Waals surface area (Å²) in [5, 5.41) is 2.82. The molecule has 6 heteroatoms. The van der Waals surface area contributed by atoms with Gasteiger partial charge in [-0.3, -0.25) is 9.59 Å². The van der Waals surface area contributed by atoms with Crippen LogP contribution in [0.4, 0.5) is 10.1 Å². The number of primary amides is 1. The number of hydrogen-bond acceptors (Lipinski definition) is 2. The fourth-order valence-corrected chi connectivity index (χ4v) is 3.10. The molecule has 0 radical (unpaired) electrons. The number of aromatic nitrogens is 1. The zero-order valence-corrected chi connectivity index (χ0v) is 15.1. The first-order valence-electron chi connectivity index (χ1n) is 8.49. The molecule has 0 saturated carbocycles. The maximum atomic E-state index is 14.2. The molecule has 2 amide bonds. The van der Waals surface area contributed by atoms with Crippen molar-refractivity contribution in [1.29, 1.82) is 0 Å². The van der Waals surface area contributed by atoms with Gasteiger partial charge in [0.25, 0.3) is 5.91 Å². The minimum Gasteiger partial charge on any atom is -0.369 e. The molecule has 1 aromatic heterocycles. The SMILES string of the molecule is Cc1cc(C(=O)Nc2ccc(CC(N)=O)cc2)c(C)n1-c1ccccc1F. The first-order valence-corrected chi connectivity index (χ1v) is 8.49. The second kappa shape index (κ2) is 7.45. The molecular weight excluding hydrogens is 345 g/mol. The Hall–Kier alpha value is -3.41. The van der Waals surface area contributed by atoms with Crippen molar-refractivity contribution in [2.75, 3.05) is 5.32 Å². The maximum Gasteiger partial charge on any atom is 0.257 e. The number of para-hydroxylation sites is 1. The molecule has 0 unspecified atom stereocenters. The van der Waals surface area contributed by atoms with E-state index in [1.54, 1.807) is 60.0 Å². The fraction of sp³-hybridized carbons (Fsp3) is 0.143. The number of hydrogen-bond donors (Lipinski definition) is 2. The highest BCUT2D eigenvalue weighted by Gasteiger charge is 2.18. The van der Waals surface area contributed by atoms with Crippen LogP contribution >= 0.6 is 0 Å². The first kappa shape index (κ1) is 18.4. The number of benzene rings is 2. The summed E-state index contributed by atoms with van der Waals surface area (Å²) in [4.78, 5) is 23.6. The molecule has 0 saturated heterocycles. The highest BCUT2D eigenvalue weighted by atomic mass is 19.1. The Kier molecular flexibility index (Phi) is 5.07. The lowest BCUT2D eigenvalue weighted by atomic mass is 10.1. The zero-order chi connectivity index (χ0) is 19.6. The molecule has 0 aliphatic rings. The summed E-state index contributed by atoms with van der Waals surface area (Å²) in [6, 6.07) is 15.1. The molecule has 0 aliphatic heterocycles. The molecule has 0 spiro atoms. The number of rotatable bonds is 5. The molecule has 1 heterocycles. The third-order valence-corrected chi connectivity index (χ3v) is 4.36. The molecule has 3 N–H and O–H groups in total. The maximum absolute atomic E-state index is 14.2. The molecule has 3 aromatic rings. The number of carbonyl (C=O) groups is 2. The van der Waals surface area contributed by atoms with Gasteiger partial charge in [-0.2, -0.15) is 0 Å². The summed E-state index contributed by atoms with van der Waals surface area (Å²) >= 11 is 0. The van der Waals surface area contributed by atoms with Crippen molar-refractivity contribution in [3.63, 3.8) is 0 Å². The van der Waals surface area contributed by atoms with E-state index >= 15 is 0 Å². The summed E-state index contributed by atoms with van der Waals surface area (Å²) in [5.41, 5.74) is 8.84. The van der Waals surface area contributed by atoms with Crippen LogP contribution in [0.5, 0.6) is 0 Å². The quantitative estimate of drug-likeness (QED) is 0.726. The number of nitrogens with one attached hydrogen (secondary N) is 1. The molecule has 0 bridgehead atoms. The van der Waals surface area contributed by atoms with Crippen LogP contribution in [0.3, 0.4) is 0 Å². The van der Waals surface area contributed by atoms with E-state index in [0.29, 0.717) is 22.6 Å². The third-order valence-electron chi connectivity index (χ3n) is 4.36. The van der Waals surface area contributed by atoms with E-state index in [2.05, 4.69) is 5.32 Å². The van der Waals surface area contributed by atoms with E-state index < -0.39 is 5.91 Å². The lowest BCUT2D eigenvalue weighted by molar-refractivity contribution is -0.117. The first-order chi connectivity index (χ1) is 12.9. The number of nitrogens with zero attached hydrogens (tertiary/aromatic N) is 1. The van der Waals surface area contributed by atoms with Gasteiger partial charge in [0.15, 0.2) is 0 Å². The minimum atomic E-state index is -0.410. The fourth-order valence-electron chi connectivity index (χ4n) is 3.10. The van der Waals surface area contributed by atoms with Gasteiger partial charge in [-0.05, 0) is 49.7 Å². The topological polar surface area (TPSA) is 77.1 Å². The van der Waals surface area contributed by atoms with Crippen molar-refractivity contribution in [2.45, 2.75) is 20.3 Å². The summed E-state index contributed by atoms with van der Waals surface area (Å²) < 4.78 is 15.9. The van der Waals surface area contributed by atoms with E-state index in [-0.39, 0.29) is 18.1 Å². The zero-order valence-electron chi connectivity index (χ0n) is 15.1. The van der Waals surface area contributed by atoms with Gasteiger partial charge in [-0.1, -0.05) is 24.3 Å². The Morgan fingerprint density at radius 2 is 1.74 bits per heavy atom.